The molecule has 5 rings (SSSR count). The van der Waals surface area contributed by atoms with Crippen LogP contribution in [0.3, 0.4) is 0 Å². The molecule has 1 amide bonds. The van der Waals surface area contributed by atoms with Crippen molar-refractivity contribution in [1.29, 1.82) is 0 Å². The van der Waals surface area contributed by atoms with Crippen molar-refractivity contribution in [3.63, 3.8) is 0 Å². The Balaban J connectivity index is 1.67. The van der Waals surface area contributed by atoms with Gasteiger partial charge >= 0.3 is 0 Å². The number of carbonyl (C=O) groups excluding carboxylic acids is 1. The van der Waals surface area contributed by atoms with Gasteiger partial charge in [0.25, 0.3) is 5.69 Å². The number of rotatable bonds is 3. The van der Waals surface area contributed by atoms with E-state index in [9.17, 15) is 14.9 Å². The molecule has 0 saturated heterocycles. The first-order valence-electron chi connectivity index (χ1n) is 10.5. The lowest BCUT2D eigenvalue weighted by Crippen LogP contribution is -2.47. The largest absolute Gasteiger partial charge is 0.319 e. The lowest BCUT2D eigenvalue weighted by molar-refractivity contribution is -0.384. The Morgan fingerprint density at radius 2 is 1.84 bits per heavy atom. The standard InChI is InChI=1S/C24H24N4O3/c1-13-11-14(2)19(18(12-13)28(30)31)27-22(29)24-10-9-15(23(24,3)4)20-21(24)26-17-8-6-5-7-16(17)25-20/h5-8,11-12,15H,9-10H2,1-4H3,(H,27,29). The van der Waals surface area contributed by atoms with Crippen molar-refractivity contribution in [1.82, 2.24) is 9.97 Å². The highest BCUT2D eigenvalue weighted by atomic mass is 16.6. The van der Waals surface area contributed by atoms with Crippen LogP contribution in [0, 0.1) is 29.4 Å². The molecule has 7 heteroatoms. The normalized spacial score (nSPS) is 23.0. The molecule has 7 nitrogen and oxygen atoms in total. The van der Waals surface area contributed by atoms with Gasteiger partial charge in [-0.15, -0.1) is 0 Å². The fraction of sp³-hybridized carbons (Fsp3) is 0.375. The number of nitro groups is 1. The summed E-state index contributed by atoms with van der Waals surface area (Å²) >= 11 is 0. The van der Waals surface area contributed by atoms with Crippen LogP contribution in [0.5, 0.6) is 0 Å². The van der Waals surface area contributed by atoms with Gasteiger partial charge in [-0.2, -0.15) is 0 Å². The topological polar surface area (TPSA) is 98.0 Å². The second-order valence-corrected chi connectivity index (χ2v) is 9.35. The SMILES string of the molecule is Cc1cc(C)c(NC(=O)C23CCC(c4nc5ccccc5nc42)C3(C)C)c([N+](=O)[O-])c1. The van der Waals surface area contributed by atoms with Gasteiger partial charge in [-0.1, -0.05) is 32.0 Å². The van der Waals surface area contributed by atoms with E-state index >= 15 is 0 Å². The monoisotopic (exact) mass is 416 g/mol. The van der Waals surface area contributed by atoms with Crippen molar-refractivity contribution >= 4 is 28.3 Å². The number of nitrogens with one attached hydrogen (secondary N) is 1. The Hall–Kier alpha value is -3.35. The smallest absolute Gasteiger partial charge is 0.293 e. The molecule has 3 aromatic rings. The van der Waals surface area contributed by atoms with Gasteiger partial charge in [0.2, 0.25) is 5.91 Å². The van der Waals surface area contributed by atoms with E-state index in [4.69, 9.17) is 9.97 Å². The van der Waals surface area contributed by atoms with E-state index in [1.165, 1.54) is 6.07 Å². The van der Waals surface area contributed by atoms with E-state index in [2.05, 4.69) is 19.2 Å². The third kappa shape index (κ3) is 2.49. The molecule has 2 unspecified atom stereocenters. The summed E-state index contributed by atoms with van der Waals surface area (Å²) in [6, 6.07) is 11.0. The van der Waals surface area contributed by atoms with Gasteiger partial charge in [0.15, 0.2) is 0 Å². The Bertz CT molecular complexity index is 1280. The maximum absolute atomic E-state index is 13.9. The number of carbonyl (C=O) groups is 1. The zero-order chi connectivity index (χ0) is 22.1. The molecular weight excluding hydrogens is 392 g/mol. The van der Waals surface area contributed by atoms with Gasteiger partial charge < -0.3 is 5.32 Å². The van der Waals surface area contributed by atoms with Gasteiger partial charge in [0.05, 0.1) is 32.8 Å². The van der Waals surface area contributed by atoms with Gasteiger partial charge in [0.1, 0.15) is 5.69 Å². The number of amides is 1. The quantitative estimate of drug-likeness (QED) is 0.481. The molecule has 2 bridgehead atoms. The highest BCUT2D eigenvalue weighted by molar-refractivity contribution is 6.03. The summed E-state index contributed by atoms with van der Waals surface area (Å²) in [6.45, 7) is 7.78. The zero-order valence-electron chi connectivity index (χ0n) is 18.0. The minimum Gasteiger partial charge on any atom is -0.319 e. The molecule has 0 radical (unpaired) electrons. The highest BCUT2D eigenvalue weighted by Gasteiger charge is 2.68. The summed E-state index contributed by atoms with van der Waals surface area (Å²) in [7, 11) is 0. The highest BCUT2D eigenvalue weighted by Crippen LogP contribution is 2.67. The molecular formula is C24H24N4O3. The summed E-state index contributed by atoms with van der Waals surface area (Å²) in [5, 5.41) is 14.6. The van der Waals surface area contributed by atoms with Crippen LogP contribution < -0.4 is 5.32 Å². The molecule has 1 N–H and O–H groups in total. The average molecular weight is 416 g/mol. The van der Waals surface area contributed by atoms with Crippen molar-refractivity contribution in [2.24, 2.45) is 5.41 Å². The van der Waals surface area contributed by atoms with E-state index in [-0.39, 0.29) is 23.2 Å². The van der Waals surface area contributed by atoms with Crippen molar-refractivity contribution in [3.8, 4) is 0 Å². The number of hydrogen-bond acceptors (Lipinski definition) is 5. The summed E-state index contributed by atoms with van der Waals surface area (Å²) in [5.74, 6) is -0.113. The van der Waals surface area contributed by atoms with Crippen LogP contribution in [0.4, 0.5) is 11.4 Å². The predicted molar refractivity (Wildman–Crippen MR) is 118 cm³/mol. The average Bonchev–Trinajstić information content (AvgIpc) is 3.09. The first-order valence-corrected chi connectivity index (χ1v) is 10.5. The molecule has 2 atom stereocenters. The second-order valence-electron chi connectivity index (χ2n) is 9.35. The number of benzene rings is 2. The number of fused-ring (bicyclic) bond motifs is 6. The van der Waals surface area contributed by atoms with Gasteiger partial charge in [-0.3, -0.25) is 14.9 Å². The molecule has 2 aromatic carbocycles. The van der Waals surface area contributed by atoms with E-state index in [0.29, 0.717) is 12.0 Å². The molecule has 31 heavy (non-hydrogen) atoms. The number of nitrogens with zero attached hydrogens (tertiary/aromatic N) is 3. The molecule has 2 aliphatic carbocycles. The lowest BCUT2D eigenvalue weighted by Gasteiger charge is -2.36. The summed E-state index contributed by atoms with van der Waals surface area (Å²) in [5.41, 5.74) is 3.54. The zero-order valence-corrected chi connectivity index (χ0v) is 18.0. The van der Waals surface area contributed by atoms with Crippen LogP contribution in [-0.4, -0.2) is 20.8 Å². The van der Waals surface area contributed by atoms with Crippen molar-refractivity contribution in [2.75, 3.05) is 5.32 Å². The van der Waals surface area contributed by atoms with E-state index in [0.717, 1.165) is 34.4 Å². The van der Waals surface area contributed by atoms with Crippen LogP contribution in [0.2, 0.25) is 0 Å². The minimum absolute atomic E-state index is 0.0857. The van der Waals surface area contributed by atoms with Crippen LogP contribution in [0.15, 0.2) is 36.4 Å². The number of aryl methyl sites for hydroxylation is 2. The fourth-order valence-electron chi connectivity index (χ4n) is 5.80. The Kier molecular flexibility index (Phi) is 4.00. The number of hydrogen-bond donors (Lipinski definition) is 1. The van der Waals surface area contributed by atoms with Gasteiger partial charge in [-0.05, 0) is 55.4 Å². The van der Waals surface area contributed by atoms with Gasteiger partial charge in [0, 0.05) is 12.0 Å². The molecule has 0 spiro atoms. The minimum atomic E-state index is -0.880. The van der Waals surface area contributed by atoms with Crippen LogP contribution in [0.1, 0.15) is 55.1 Å². The van der Waals surface area contributed by atoms with Crippen LogP contribution in [0.25, 0.3) is 11.0 Å². The van der Waals surface area contributed by atoms with Crippen molar-refractivity contribution in [3.05, 3.63) is 69.0 Å². The molecule has 158 valence electrons. The van der Waals surface area contributed by atoms with Crippen molar-refractivity contribution in [2.45, 2.75) is 51.9 Å². The van der Waals surface area contributed by atoms with E-state index < -0.39 is 15.8 Å². The predicted octanol–water partition coefficient (Wildman–Crippen LogP) is 4.95. The summed E-state index contributed by atoms with van der Waals surface area (Å²) < 4.78 is 0. The first kappa shape index (κ1) is 19.6. The van der Waals surface area contributed by atoms with Crippen LogP contribution >= 0.6 is 0 Å². The third-order valence-corrected chi connectivity index (χ3v) is 7.39. The fourth-order valence-corrected chi connectivity index (χ4v) is 5.80. The number of anilines is 1. The molecule has 2 aliphatic rings. The lowest BCUT2D eigenvalue weighted by atomic mass is 9.67. The number of para-hydroxylation sites is 2. The van der Waals surface area contributed by atoms with E-state index in [1.54, 1.807) is 6.92 Å². The molecule has 1 fully saturated rings. The number of aromatic nitrogens is 2. The molecule has 0 aliphatic heterocycles. The third-order valence-electron chi connectivity index (χ3n) is 7.39. The van der Waals surface area contributed by atoms with Crippen molar-refractivity contribution < 1.29 is 9.72 Å². The molecule has 1 heterocycles. The molecule has 1 aromatic heterocycles. The van der Waals surface area contributed by atoms with E-state index in [1.807, 2.05) is 37.3 Å². The van der Waals surface area contributed by atoms with Crippen LogP contribution in [-0.2, 0) is 10.2 Å². The summed E-state index contributed by atoms with van der Waals surface area (Å²) in [4.78, 5) is 35.0. The Labute approximate surface area is 180 Å². The Morgan fingerprint density at radius 1 is 1.16 bits per heavy atom. The maximum Gasteiger partial charge on any atom is 0.293 e. The summed E-state index contributed by atoms with van der Waals surface area (Å²) in [6.07, 6.45) is 1.49. The Morgan fingerprint density at radius 3 is 2.52 bits per heavy atom. The molecule has 1 saturated carbocycles. The maximum atomic E-state index is 13.9. The first-order chi connectivity index (χ1) is 14.7. The second kappa shape index (κ2) is 6.33. The van der Waals surface area contributed by atoms with Gasteiger partial charge in [-0.25, -0.2) is 9.97 Å². The number of nitro benzene ring substituents is 1.